The highest BCUT2D eigenvalue weighted by Gasteiger charge is 2.66. The van der Waals surface area contributed by atoms with Gasteiger partial charge in [-0.05, 0) is 11.1 Å². The molecule has 2 rings (SSSR count). The van der Waals surface area contributed by atoms with Gasteiger partial charge in [-0.25, -0.2) is 9.59 Å². The van der Waals surface area contributed by atoms with Gasteiger partial charge in [0, 0.05) is 0 Å². The molecule has 0 amide bonds. The minimum atomic E-state index is -2.26. The van der Waals surface area contributed by atoms with Crippen molar-refractivity contribution in [3.05, 3.63) is 71.8 Å². The first-order chi connectivity index (χ1) is 12.5. The summed E-state index contributed by atoms with van der Waals surface area (Å²) in [6, 6.07) is 19.6. The van der Waals surface area contributed by atoms with Crippen molar-refractivity contribution in [3.63, 3.8) is 0 Å². The summed E-state index contributed by atoms with van der Waals surface area (Å²) in [6.07, 6.45) is 0. The number of rotatable bonds is 5. The Bertz CT molecular complexity index is 808. The van der Waals surface area contributed by atoms with Gasteiger partial charge in [0.05, 0.1) is 26.4 Å². The molecule has 0 fully saturated rings. The van der Waals surface area contributed by atoms with Crippen molar-refractivity contribution in [2.24, 2.45) is 0 Å². The van der Waals surface area contributed by atoms with E-state index >= 15 is 0 Å². The number of methoxy groups -OCH3 is 2. The van der Waals surface area contributed by atoms with E-state index in [0.29, 0.717) is 0 Å². The number of carbonyl (C=O) groups excluding carboxylic acids is 2. The van der Waals surface area contributed by atoms with E-state index in [9.17, 15) is 20.1 Å². The molecule has 6 heteroatoms. The van der Waals surface area contributed by atoms with Gasteiger partial charge in [0.15, 0.2) is 0 Å². The van der Waals surface area contributed by atoms with Crippen molar-refractivity contribution in [2.45, 2.75) is 10.8 Å². The third kappa shape index (κ3) is 2.49. The molecule has 26 heavy (non-hydrogen) atoms. The lowest BCUT2D eigenvalue weighted by atomic mass is 9.58. The highest BCUT2D eigenvalue weighted by molar-refractivity contribution is 6.02. The van der Waals surface area contributed by atoms with E-state index in [1.54, 1.807) is 36.4 Å². The second kappa shape index (κ2) is 7.50. The Hall–Kier alpha value is -3.64. The molecule has 0 aromatic heterocycles. The smallest absolute Gasteiger partial charge is 0.333 e. The SMILES string of the molecule is COC(=O)[C@](C#N)(c1ccccc1)[C@](C#N)(C(=O)OC)c1ccccc1. The highest BCUT2D eigenvalue weighted by Crippen LogP contribution is 2.46. The van der Waals surface area contributed by atoms with Gasteiger partial charge >= 0.3 is 11.9 Å². The lowest BCUT2D eigenvalue weighted by Crippen LogP contribution is -2.58. The molecule has 0 radical (unpaired) electrons. The van der Waals surface area contributed by atoms with E-state index in [2.05, 4.69) is 0 Å². The van der Waals surface area contributed by atoms with Crippen molar-refractivity contribution >= 4 is 11.9 Å². The van der Waals surface area contributed by atoms with Crippen LogP contribution in [0.4, 0.5) is 0 Å². The molecule has 2 aromatic carbocycles. The number of nitriles is 2. The van der Waals surface area contributed by atoms with Crippen LogP contribution in [0.5, 0.6) is 0 Å². The lowest BCUT2D eigenvalue weighted by molar-refractivity contribution is -0.157. The number of ether oxygens (including phenoxy) is 2. The molecule has 2 aromatic rings. The zero-order valence-electron chi connectivity index (χ0n) is 14.3. The number of hydrogen-bond acceptors (Lipinski definition) is 6. The van der Waals surface area contributed by atoms with E-state index in [1.165, 1.54) is 24.3 Å². The Kier molecular flexibility index (Phi) is 5.39. The number of esters is 2. The van der Waals surface area contributed by atoms with Gasteiger partial charge in [0.25, 0.3) is 0 Å². The number of nitrogens with zero attached hydrogens (tertiary/aromatic N) is 2. The van der Waals surface area contributed by atoms with Crippen molar-refractivity contribution < 1.29 is 19.1 Å². The van der Waals surface area contributed by atoms with E-state index in [-0.39, 0.29) is 11.1 Å². The molecule has 130 valence electrons. The van der Waals surface area contributed by atoms with Crippen molar-refractivity contribution in [1.82, 2.24) is 0 Å². The van der Waals surface area contributed by atoms with Gasteiger partial charge in [0.1, 0.15) is 0 Å². The van der Waals surface area contributed by atoms with Crippen LogP contribution in [-0.4, -0.2) is 26.2 Å². The van der Waals surface area contributed by atoms with E-state index in [0.717, 1.165) is 14.2 Å². The molecular weight excluding hydrogens is 332 g/mol. The Morgan fingerprint density at radius 3 is 1.27 bits per heavy atom. The van der Waals surface area contributed by atoms with Crippen LogP contribution in [0, 0.1) is 22.7 Å². The Balaban J connectivity index is 3.02. The molecule has 0 unspecified atom stereocenters. The van der Waals surface area contributed by atoms with E-state index in [4.69, 9.17) is 9.47 Å². The fourth-order valence-corrected chi connectivity index (χ4v) is 3.05. The van der Waals surface area contributed by atoms with Crippen molar-refractivity contribution in [3.8, 4) is 12.1 Å². The van der Waals surface area contributed by atoms with Gasteiger partial charge in [0.2, 0.25) is 10.8 Å². The average molecular weight is 348 g/mol. The minimum Gasteiger partial charge on any atom is -0.468 e. The van der Waals surface area contributed by atoms with Gasteiger partial charge in [-0.2, -0.15) is 10.5 Å². The molecule has 2 atom stereocenters. The van der Waals surface area contributed by atoms with Gasteiger partial charge in [-0.15, -0.1) is 0 Å². The molecular formula is C20H16N2O4. The maximum Gasteiger partial charge on any atom is 0.333 e. The number of hydrogen-bond donors (Lipinski definition) is 0. The summed E-state index contributed by atoms with van der Waals surface area (Å²) in [6.45, 7) is 0. The summed E-state index contributed by atoms with van der Waals surface area (Å²) < 4.78 is 9.73. The zero-order valence-corrected chi connectivity index (χ0v) is 14.3. The fourth-order valence-electron chi connectivity index (χ4n) is 3.05. The van der Waals surface area contributed by atoms with Crippen LogP contribution in [0.2, 0.25) is 0 Å². The Labute approximate surface area is 151 Å². The predicted octanol–water partition coefficient (Wildman–Crippen LogP) is 2.26. The van der Waals surface area contributed by atoms with Crippen LogP contribution in [0.3, 0.4) is 0 Å². The van der Waals surface area contributed by atoms with Crippen molar-refractivity contribution in [2.75, 3.05) is 14.2 Å². The molecule has 0 aliphatic heterocycles. The Morgan fingerprint density at radius 2 is 1.04 bits per heavy atom. The van der Waals surface area contributed by atoms with Gasteiger partial charge in [-0.3, -0.25) is 0 Å². The normalized spacial score (nSPS) is 14.6. The van der Waals surface area contributed by atoms with Gasteiger partial charge in [-0.1, -0.05) is 60.7 Å². The predicted molar refractivity (Wildman–Crippen MR) is 91.5 cm³/mol. The van der Waals surface area contributed by atoms with Crippen LogP contribution < -0.4 is 0 Å². The second-order valence-electron chi connectivity index (χ2n) is 5.44. The maximum absolute atomic E-state index is 12.9. The number of benzene rings is 2. The van der Waals surface area contributed by atoms with Crippen LogP contribution in [0.1, 0.15) is 11.1 Å². The fraction of sp³-hybridized carbons (Fsp3) is 0.200. The largest absolute Gasteiger partial charge is 0.468 e. The second-order valence-corrected chi connectivity index (χ2v) is 5.44. The average Bonchev–Trinajstić information content (AvgIpc) is 2.72. The molecule has 0 spiro atoms. The first-order valence-corrected chi connectivity index (χ1v) is 7.65. The third-order valence-corrected chi connectivity index (χ3v) is 4.29. The molecule has 0 heterocycles. The monoisotopic (exact) mass is 348 g/mol. The zero-order chi connectivity index (χ0) is 19.2. The van der Waals surface area contributed by atoms with Crippen molar-refractivity contribution in [1.29, 1.82) is 10.5 Å². The van der Waals surface area contributed by atoms with Gasteiger partial charge < -0.3 is 9.47 Å². The molecule has 0 bridgehead atoms. The lowest BCUT2D eigenvalue weighted by Gasteiger charge is -2.37. The topological polar surface area (TPSA) is 100 Å². The summed E-state index contributed by atoms with van der Waals surface area (Å²) in [5.74, 6) is -2.05. The van der Waals surface area contributed by atoms with E-state index < -0.39 is 22.8 Å². The molecule has 0 aliphatic carbocycles. The molecule has 0 saturated heterocycles. The number of carbonyl (C=O) groups is 2. The highest BCUT2D eigenvalue weighted by atomic mass is 16.5. The summed E-state index contributed by atoms with van der Waals surface area (Å²) in [4.78, 5) is 25.7. The first kappa shape index (κ1) is 18.7. The van der Waals surface area contributed by atoms with E-state index in [1.807, 2.05) is 12.1 Å². The minimum absolute atomic E-state index is 0.158. The quantitative estimate of drug-likeness (QED) is 0.768. The first-order valence-electron chi connectivity index (χ1n) is 7.65. The molecule has 0 saturated carbocycles. The Morgan fingerprint density at radius 1 is 0.731 bits per heavy atom. The van der Waals surface area contributed by atoms with Crippen LogP contribution >= 0.6 is 0 Å². The molecule has 0 aliphatic rings. The summed E-state index contributed by atoms with van der Waals surface area (Å²) in [7, 11) is 2.20. The molecule has 6 nitrogen and oxygen atoms in total. The summed E-state index contributed by atoms with van der Waals surface area (Å²) >= 11 is 0. The van der Waals surface area contributed by atoms with Crippen LogP contribution in [0.25, 0.3) is 0 Å². The summed E-state index contributed by atoms with van der Waals surface area (Å²) in [5, 5.41) is 20.2. The van der Waals surface area contributed by atoms with Crippen LogP contribution in [-0.2, 0) is 29.9 Å². The molecule has 0 N–H and O–H groups in total. The van der Waals surface area contributed by atoms with Crippen LogP contribution in [0.15, 0.2) is 60.7 Å². The summed E-state index contributed by atoms with van der Waals surface area (Å²) in [5.41, 5.74) is -4.20. The third-order valence-electron chi connectivity index (χ3n) is 4.29. The standard InChI is InChI=1S/C20H16N2O4/c1-25-17(23)19(13-21,15-9-5-3-6-10-15)20(14-22,18(24)26-2)16-11-7-4-8-12-16/h3-12H,1-2H3/t19-,20-/m0/s1. The maximum atomic E-state index is 12.9.